The third-order valence-corrected chi connectivity index (χ3v) is 2.46. The number of H-pyrrole nitrogens is 1. The Kier molecular flexibility index (Phi) is 3.10. The van der Waals surface area contributed by atoms with Crippen molar-refractivity contribution >= 4 is 5.97 Å². The minimum atomic E-state index is -0.971. The highest BCUT2D eigenvalue weighted by atomic mass is 19.2. The summed E-state index contributed by atoms with van der Waals surface area (Å²) in [5.74, 6) is -2.21. The zero-order valence-corrected chi connectivity index (χ0v) is 9.75. The van der Waals surface area contributed by atoms with E-state index < -0.39 is 17.6 Å². The average Bonchev–Trinajstić information content (AvgIpc) is 2.74. The second-order valence-electron chi connectivity index (χ2n) is 3.68. The highest BCUT2D eigenvalue weighted by Crippen LogP contribution is 2.20. The number of methoxy groups -OCH3 is 1. The van der Waals surface area contributed by atoms with Crippen LogP contribution in [0.5, 0.6) is 0 Å². The molecule has 0 spiro atoms. The molecule has 1 aromatic heterocycles. The first-order valence-corrected chi connectivity index (χ1v) is 5.13. The summed E-state index contributed by atoms with van der Waals surface area (Å²) in [7, 11) is 1.24. The van der Waals surface area contributed by atoms with Gasteiger partial charge in [-0.1, -0.05) is 0 Å². The van der Waals surface area contributed by atoms with Gasteiger partial charge in [0.15, 0.2) is 17.3 Å². The Labute approximate surface area is 102 Å². The summed E-state index contributed by atoms with van der Waals surface area (Å²) in [4.78, 5) is 18.2. The molecule has 1 aromatic carbocycles. The fraction of sp³-hybridized carbons (Fsp3) is 0.167. The minimum absolute atomic E-state index is 0.122. The van der Waals surface area contributed by atoms with Gasteiger partial charge in [0.25, 0.3) is 0 Å². The van der Waals surface area contributed by atoms with Crippen LogP contribution in [-0.2, 0) is 4.74 Å². The Balaban J connectivity index is 2.45. The van der Waals surface area contributed by atoms with Crippen LogP contribution < -0.4 is 0 Å². The third-order valence-electron chi connectivity index (χ3n) is 2.46. The SMILES string of the molecule is COC(=O)c1nc(-c2ccc(F)c(F)c2)[nH]c1C. The lowest BCUT2D eigenvalue weighted by atomic mass is 10.2. The first-order valence-electron chi connectivity index (χ1n) is 5.13. The first-order chi connectivity index (χ1) is 8.52. The summed E-state index contributed by atoms with van der Waals surface area (Å²) in [5, 5.41) is 0. The molecule has 94 valence electrons. The van der Waals surface area contributed by atoms with Crippen LogP contribution in [-0.4, -0.2) is 23.0 Å². The van der Waals surface area contributed by atoms with E-state index in [9.17, 15) is 13.6 Å². The number of hydrogen-bond acceptors (Lipinski definition) is 3. The van der Waals surface area contributed by atoms with E-state index in [2.05, 4.69) is 14.7 Å². The monoisotopic (exact) mass is 252 g/mol. The molecule has 0 bridgehead atoms. The van der Waals surface area contributed by atoms with Crippen molar-refractivity contribution in [2.45, 2.75) is 6.92 Å². The summed E-state index contributed by atoms with van der Waals surface area (Å²) in [6, 6.07) is 3.38. The predicted octanol–water partition coefficient (Wildman–Crippen LogP) is 2.45. The van der Waals surface area contributed by atoms with E-state index >= 15 is 0 Å². The Morgan fingerprint density at radius 2 is 2.06 bits per heavy atom. The maximum Gasteiger partial charge on any atom is 0.358 e. The molecule has 2 rings (SSSR count). The average molecular weight is 252 g/mol. The molecule has 0 aliphatic rings. The highest BCUT2D eigenvalue weighted by Gasteiger charge is 2.16. The van der Waals surface area contributed by atoms with E-state index in [0.29, 0.717) is 11.3 Å². The van der Waals surface area contributed by atoms with Crippen molar-refractivity contribution in [1.29, 1.82) is 0 Å². The molecule has 4 nitrogen and oxygen atoms in total. The van der Waals surface area contributed by atoms with Crippen LogP contribution >= 0.6 is 0 Å². The molecule has 0 fully saturated rings. The smallest absolute Gasteiger partial charge is 0.358 e. The number of aromatic amines is 1. The highest BCUT2D eigenvalue weighted by molar-refractivity contribution is 5.89. The van der Waals surface area contributed by atoms with Crippen LogP contribution in [0, 0.1) is 18.6 Å². The summed E-state index contributed by atoms with van der Waals surface area (Å²) in [5.41, 5.74) is 0.978. The molecule has 0 radical (unpaired) electrons. The molecule has 0 aliphatic carbocycles. The number of nitrogens with zero attached hydrogens (tertiary/aromatic N) is 1. The fourth-order valence-corrected chi connectivity index (χ4v) is 1.54. The van der Waals surface area contributed by atoms with E-state index in [0.717, 1.165) is 12.1 Å². The lowest BCUT2D eigenvalue weighted by molar-refractivity contribution is 0.0594. The van der Waals surface area contributed by atoms with Crippen molar-refractivity contribution in [3.63, 3.8) is 0 Å². The van der Waals surface area contributed by atoms with Crippen LogP contribution in [0.3, 0.4) is 0 Å². The van der Waals surface area contributed by atoms with Gasteiger partial charge in [-0.2, -0.15) is 0 Å². The molecule has 0 saturated heterocycles. The molecule has 1 N–H and O–H groups in total. The topological polar surface area (TPSA) is 55.0 Å². The number of hydrogen-bond donors (Lipinski definition) is 1. The van der Waals surface area contributed by atoms with Crippen molar-refractivity contribution in [2.75, 3.05) is 7.11 Å². The summed E-state index contributed by atoms with van der Waals surface area (Å²) in [6.45, 7) is 1.64. The number of esters is 1. The number of rotatable bonds is 2. The van der Waals surface area contributed by atoms with Gasteiger partial charge in [-0.3, -0.25) is 0 Å². The number of ether oxygens (including phenoxy) is 1. The van der Waals surface area contributed by atoms with E-state index in [1.54, 1.807) is 6.92 Å². The minimum Gasteiger partial charge on any atom is -0.464 e. The van der Waals surface area contributed by atoms with Gasteiger partial charge in [0.05, 0.1) is 7.11 Å². The molecule has 0 aliphatic heterocycles. The van der Waals surface area contributed by atoms with Crippen molar-refractivity contribution in [2.24, 2.45) is 0 Å². The maximum atomic E-state index is 13.1. The van der Waals surface area contributed by atoms with Crippen LogP contribution in [0.25, 0.3) is 11.4 Å². The molecule has 6 heteroatoms. The molecule has 1 heterocycles. The lowest BCUT2D eigenvalue weighted by Crippen LogP contribution is -2.03. The van der Waals surface area contributed by atoms with E-state index in [-0.39, 0.29) is 11.5 Å². The molecule has 18 heavy (non-hydrogen) atoms. The molecular formula is C12H10F2N2O2. The van der Waals surface area contributed by atoms with E-state index in [1.807, 2.05) is 0 Å². The Hall–Kier alpha value is -2.24. The van der Waals surface area contributed by atoms with Crippen molar-refractivity contribution in [3.05, 3.63) is 41.2 Å². The van der Waals surface area contributed by atoms with E-state index in [1.165, 1.54) is 13.2 Å². The van der Waals surface area contributed by atoms with Gasteiger partial charge in [0.2, 0.25) is 0 Å². The predicted molar refractivity (Wildman–Crippen MR) is 60.0 cm³/mol. The Morgan fingerprint density at radius 1 is 1.33 bits per heavy atom. The number of carbonyl (C=O) groups excluding carboxylic acids is 1. The second-order valence-corrected chi connectivity index (χ2v) is 3.68. The number of carbonyl (C=O) groups is 1. The third kappa shape index (κ3) is 2.09. The fourth-order valence-electron chi connectivity index (χ4n) is 1.54. The van der Waals surface area contributed by atoms with Crippen molar-refractivity contribution in [3.8, 4) is 11.4 Å². The Morgan fingerprint density at radius 3 is 2.67 bits per heavy atom. The number of imidazole rings is 1. The van der Waals surface area contributed by atoms with Gasteiger partial charge in [-0.15, -0.1) is 0 Å². The quantitative estimate of drug-likeness (QED) is 0.835. The normalized spacial score (nSPS) is 10.4. The summed E-state index contributed by atoms with van der Waals surface area (Å²) < 4.78 is 30.4. The number of aryl methyl sites for hydroxylation is 1. The maximum absolute atomic E-state index is 13.1. The van der Waals surface area contributed by atoms with Crippen LogP contribution in [0.2, 0.25) is 0 Å². The number of benzene rings is 1. The molecule has 0 unspecified atom stereocenters. The zero-order chi connectivity index (χ0) is 13.3. The number of aromatic nitrogens is 2. The molecule has 2 aromatic rings. The molecule has 0 amide bonds. The van der Waals surface area contributed by atoms with Crippen LogP contribution in [0.15, 0.2) is 18.2 Å². The lowest BCUT2D eigenvalue weighted by Gasteiger charge is -1.97. The van der Waals surface area contributed by atoms with Crippen molar-refractivity contribution < 1.29 is 18.3 Å². The zero-order valence-electron chi connectivity index (χ0n) is 9.75. The van der Waals surface area contributed by atoms with Gasteiger partial charge in [0.1, 0.15) is 5.82 Å². The number of nitrogens with one attached hydrogen (secondary N) is 1. The molecular weight excluding hydrogens is 242 g/mol. The van der Waals surface area contributed by atoms with Gasteiger partial charge >= 0.3 is 5.97 Å². The largest absolute Gasteiger partial charge is 0.464 e. The molecule has 0 atom stereocenters. The standard InChI is InChI=1S/C12H10F2N2O2/c1-6-10(12(17)18-2)16-11(15-6)7-3-4-8(13)9(14)5-7/h3-5H,1-2H3,(H,15,16). The van der Waals surface area contributed by atoms with Crippen LogP contribution in [0.1, 0.15) is 16.2 Å². The second kappa shape index (κ2) is 4.56. The first kappa shape index (κ1) is 12.2. The van der Waals surface area contributed by atoms with Gasteiger partial charge in [-0.05, 0) is 25.1 Å². The van der Waals surface area contributed by atoms with Gasteiger partial charge in [0, 0.05) is 11.3 Å². The van der Waals surface area contributed by atoms with E-state index in [4.69, 9.17) is 0 Å². The van der Waals surface area contributed by atoms with Gasteiger partial charge in [-0.25, -0.2) is 18.6 Å². The van der Waals surface area contributed by atoms with Gasteiger partial charge < -0.3 is 9.72 Å². The summed E-state index contributed by atoms with van der Waals surface area (Å²) >= 11 is 0. The number of halogens is 2. The Bertz CT molecular complexity index is 608. The van der Waals surface area contributed by atoms with Crippen molar-refractivity contribution in [1.82, 2.24) is 9.97 Å². The van der Waals surface area contributed by atoms with Crippen LogP contribution in [0.4, 0.5) is 8.78 Å². The summed E-state index contributed by atoms with van der Waals surface area (Å²) in [6.07, 6.45) is 0. The molecule has 0 saturated carbocycles.